The first-order chi connectivity index (χ1) is 10.8. The average molecular weight is 330 g/mol. The van der Waals surface area contributed by atoms with E-state index in [-0.39, 0.29) is 0 Å². The molecule has 0 saturated carbocycles. The topological polar surface area (TPSA) is 30.7 Å². The van der Waals surface area contributed by atoms with E-state index < -0.39 is 0 Å². The summed E-state index contributed by atoms with van der Waals surface area (Å²) in [5, 5.41) is 10.4. The van der Waals surface area contributed by atoms with Gasteiger partial charge in [0, 0.05) is 22.9 Å². The van der Waals surface area contributed by atoms with Gasteiger partial charge in [0.2, 0.25) is 0 Å². The van der Waals surface area contributed by atoms with Crippen LogP contribution in [0.25, 0.3) is 11.4 Å². The molecule has 0 aliphatic carbocycles. The van der Waals surface area contributed by atoms with Gasteiger partial charge in [-0.1, -0.05) is 65.8 Å². The van der Waals surface area contributed by atoms with Crippen LogP contribution < -0.4 is 0 Å². The lowest BCUT2D eigenvalue weighted by atomic mass is 10.2. The Bertz CT molecular complexity index is 738. The standard InChI is InChI=1S/C17H16ClN3S/c1-2-21-16(14-6-4-3-5-7-14)19-20-17(21)22-12-13-8-10-15(18)11-9-13/h3-11H,2,12H2,1H3. The molecule has 0 fully saturated rings. The van der Waals surface area contributed by atoms with E-state index in [1.165, 1.54) is 5.56 Å². The highest BCUT2D eigenvalue weighted by Crippen LogP contribution is 2.26. The zero-order chi connectivity index (χ0) is 15.4. The van der Waals surface area contributed by atoms with Gasteiger partial charge in [0.05, 0.1) is 0 Å². The summed E-state index contributed by atoms with van der Waals surface area (Å²) in [6.45, 7) is 2.96. The van der Waals surface area contributed by atoms with Crippen molar-refractivity contribution >= 4 is 23.4 Å². The van der Waals surface area contributed by atoms with Crippen LogP contribution in [0.1, 0.15) is 12.5 Å². The first-order valence-electron chi connectivity index (χ1n) is 7.14. The monoisotopic (exact) mass is 329 g/mol. The van der Waals surface area contributed by atoms with Crippen molar-refractivity contribution in [3.8, 4) is 11.4 Å². The summed E-state index contributed by atoms with van der Waals surface area (Å²) in [5.74, 6) is 1.77. The number of benzene rings is 2. The average Bonchev–Trinajstić information content (AvgIpc) is 2.98. The fourth-order valence-electron chi connectivity index (χ4n) is 2.21. The molecule has 112 valence electrons. The molecule has 22 heavy (non-hydrogen) atoms. The van der Waals surface area contributed by atoms with Gasteiger partial charge in [-0.2, -0.15) is 0 Å². The van der Waals surface area contributed by atoms with Gasteiger partial charge in [-0.05, 0) is 24.6 Å². The van der Waals surface area contributed by atoms with Crippen LogP contribution in [0.4, 0.5) is 0 Å². The highest BCUT2D eigenvalue weighted by Gasteiger charge is 2.12. The smallest absolute Gasteiger partial charge is 0.191 e. The Hall–Kier alpha value is -1.78. The Morgan fingerprint density at radius 3 is 2.41 bits per heavy atom. The van der Waals surface area contributed by atoms with Gasteiger partial charge in [0.15, 0.2) is 11.0 Å². The van der Waals surface area contributed by atoms with Crippen molar-refractivity contribution in [3.05, 3.63) is 65.2 Å². The SMILES string of the molecule is CCn1c(SCc2ccc(Cl)cc2)nnc1-c1ccccc1. The van der Waals surface area contributed by atoms with E-state index in [2.05, 4.69) is 33.8 Å². The van der Waals surface area contributed by atoms with Crippen molar-refractivity contribution in [1.82, 2.24) is 14.8 Å². The van der Waals surface area contributed by atoms with Crippen LogP contribution in [0.5, 0.6) is 0 Å². The van der Waals surface area contributed by atoms with Crippen molar-refractivity contribution < 1.29 is 0 Å². The minimum atomic E-state index is 0.761. The van der Waals surface area contributed by atoms with E-state index in [0.29, 0.717) is 0 Å². The predicted octanol–water partition coefficient (Wildman–Crippen LogP) is 4.91. The number of halogens is 1. The second kappa shape index (κ2) is 6.99. The molecule has 0 aliphatic rings. The van der Waals surface area contributed by atoms with E-state index in [1.807, 2.05) is 42.5 Å². The molecule has 1 heterocycles. The van der Waals surface area contributed by atoms with Crippen LogP contribution in [0.2, 0.25) is 5.02 Å². The Morgan fingerprint density at radius 1 is 1.00 bits per heavy atom. The normalized spacial score (nSPS) is 10.8. The largest absolute Gasteiger partial charge is 0.302 e. The summed E-state index contributed by atoms with van der Waals surface area (Å²) < 4.78 is 2.15. The van der Waals surface area contributed by atoms with Crippen molar-refractivity contribution in [3.63, 3.8) is 0 Å². The fraction of sp³-hybridized carbons (Fsp3) is 0.176. The minimum Gasteiger partial charge on any atom is -0.302 e. The molecule has 3 nitrogen and oxygen atoms in total. The predicted molar refractivity (Wildman–Crippen MR) is 92.1 cm³/mol. The highest BCUT2D eigenvalue weighted by molar-refractivity contribution is 7.98. The van der Waals surface area contributed by atoms with E-state index >= 15 is 0 Å². The summed E-state index contributed by atoms with van der Waals surface area (Å²) in [5.41, 5.74) is 2.32. The lowest BCUT2D eigenvalue weighted by Gasteiger charge is -2.07. The Morgan fingerprint density at radius 2 is 1.73 bits per heavy atom. The van der Waals surface area contributed by atoms with Crippen molar-refractivity contribution in [2.24, 2.45) is 0 Å². The van der Waals surface area contributed by atoms with Crippen molar-refractivity contribution in [1.29, 1.82) is 0 Å². The maximum absolute atomic E-state index is 5.91. The molecule has 0 unspecified atom stereocenters. The number of nitrogens with zero attached hydrogens (tertiary/aromatic N) is 3. The summed E-state index contributed by atoms with van der Waals surface area (Å²) >= 11 is 7.61. The lowest BCUT2D eigenvalue weighted by molar-refractivity contribution is 0.687. The molecule has 0 N–H and O–H groups in total. The molecule has 0 radical (unpaired) electrons. The molecule has 0 atom stereocenters. The molecule has 5 heteroatoms. The zero-order valence-corrected chi connectivity index (χ0v) is 13.8. The molecule has 0 aliphatic heterocycles. The van der Waals surface area contributed by atoms with E-state index in [9.17, 15) is 0 Å². The summed E-state index contributed by atoms with van der Waals surface area (Å²) in [6, 6.07) is 18.1. The number of thioether (sulfide) groups is 1. The van der Waals surface area contributed by atoms with Gasteiger partial charge in [0.1, 0.15) is 0 Å². The number of rotatable bonds is 5. The second-order valence-corrected chi connectivity index (χ2v) is 6.21. The number of aromatic nitrogens is 3. The molecule has 1 aromatic heterocycles. The third kappa shape index (κ3) is 3.34. The molecule has 0 saturated heterocycles. The van der Waals surface area contributed by atoms with Crippen molar-refractivity contribution in [2.75, 3.05) is 0 Å². The third-order valence-electron chi connectivity index (χ3n) is 3.35. The molecular weight excluding hydrogens is 314 g/mol. The van der Waals surface area contributed by atoms with E-state index in [1.54, 1.807) is 11.8 Å². The van der Waals surface area contributed by atoms with Gasteiger partial charge in [-0.25, -0.2) is 0 Å². The van der Waals surface area contributed by atoms with Gasteiger partial charge >= 0.3 is 0 Å². The third-order valence-corrected chi connectivity index (χ3v) is 4.64. The summed E-state index contributed by atoms with van der Waals surface area (Å²) in [7, 11) is 0. The highest BCUT2D eigenvalue weighted by atomic mass is 35.5. The molecule has 2 aromatic carbocycles. The minimum absolute atomic E-state index is 0.761. The van der Waals surface area contributed by atoms with Gasteiger partial charge in [-0.3, -0.25) is 0 Å². The van der Waals surface area contributed by atoms with Crippen LogP contribution in [0.15, 0.2) is 59.8 Å². The molecule has 3 rings (SSSR count). The quantitative estimate of drug-likeness (QED) is 0.623. The van der Waals surface area contributed by atoms with Crippen LogP contribution in [0.3, 0.4) is 0 Å². The molecule has 0 spiro atoms. The summed E-state index contributed by atoms with van der Waals surface area (Å²) in [6.07, 6.45) is 0. The molecular formula is C17H16ClN3S. The van der Waals surface area contributed by atoms with Gasteiger partial charge in [0.25, 0.3) is 0 Å². The molecule has 0 bridgehead atoms. The maximum atomic E-state index is 5.91. The molecule has 0 amide bonds. The van der Waals surface area contributed by atoms with Crippen LogP contribution in [-0.4, -0.2) is 14.8 Å². The summed E-state index contributed by atoms with van der Waals surface area (Å²) in [4.78, 5) is 0. The Balaban J connectivity index is 1.80. The zero-order valence-electron chi connectivity index (χ0n) is 12.2. The first-order valence-corrected chi connectivity index (χ1v) is 8.50. The van der Waals surface area contributed by atoms with Crippen LogP contribution >= 0.6 is 23.4 Å². The Labute approximate surface area is 139 Å². The van der Waals surface area contributed by atoms with E-state index in [0.717, 1.165) is 33.9 Å². The maximum Gasteiger partial charge on any atom is 0.191 e. The Kier molecular flexibility index (Phi) is 4.80. The van der Waals surface area contributed by atoms with Gasteiger partial charge in [-0.15, -0.1) is 10.2 Å². The number of hydrogen-bond acceptors (Lipinski definition) is 3. The van der Waals surface area contributed by atoms with Crippen molar-refractivity contribution in [2.45, 2.75) is 24.4 Å². The fourth-order valence-corrected chi connectivity index (χ4v) is 3.29. The first kappa shape index (κ1) is 15.1. The van der Waals surface area contributed by atoms with E-state index in [4.69, 9.17) is 11.6 Å². The van der Waals surface area contributed by atoms with Crippen LogP contribution in [-0.2, 0) is 12.3 Å². The molecule has 3 aromatic rings. The van der Waals surface area contributed by atoms with Gasteiger partial charge < -0.3 is 4.57 Å². The van der Waals surface area contributed by atoms with Crippen LogP contribution in [0, 0.1) is 0 Å². The lowest BCUT2D eigenvalue weighted by Crippen LogP contribution is -1.99. The number of hydrogen-bond donors (Lipinski definition) is 0. The second-order valence-electron chi connectivity index (χ2n) is 4.83.